The van der Waals surface area contributed by atoms with Gasteiger partial charge in [0.15, 0.2) is 0 Å². The summed E-state index contributed by atoms with van der Waals surface area (Å²) in [5, 5.41) is 10.1. The Balaban J connectivity index is 1.53. The molecule has 0 saturated heterocycles. The first-order valence-corrected chi connectivity index (χ1v) is 13.6. The van der Waals surface area contributed by atoms with E-state index in [4.69, 9.17) is 11.6 Å². The van der Waals surface area contributed by atoms with Crippen molar-refractivity contribution >= 4 is 56.6 Å². The number of amides is 3. The van der Waals surface area contributed by atoms with Crippen LogP contribution in [0.5, 0.6) is 0 Å². The van der Waals surface area contributed by atoms with Crippen LogP contribution in [0, 0.1) is 11.6 Å². The Morgan fingerprint density at radius 3 is 2.67 bits per heavy atom. The van der Waals surface area contributed by atoms with Gasteiger partial charge in [0.2, 0.25) is 6.43 Å². The summed E-state index contributed by atoms with van der Waals surface area (Å²) in [6.45, 7) is 0. The van der Waals surface area contributed by atoms with E-state index in [-0.39, 0.29) is 60.5 Å². The maximum absolute atomic E-state index is 14.2. The molecule has 14 heteroatoms. The molecule has 0 radical (unpaired) electrons. The van der Waals surface area contributed by atoms with Gasteiger partial charge in [0, 0.05) is 34.3 Å². The minimum Gasteiger partial charge on any atom is -0.341 e. The summed E-state index contributed by atoms with van der Waals surface area (Å²) in [4.78, 5) is 28.1. The van der Waals surface area contributed by atoms with Crippen LogP contribution in [-0.4, -0.2) is 38.2 Å². The van der Waals surface area contributed by atoms with Crippen molar-refractivity contribution in [1.29, 1.82) is 0 Å². The van der Waals surface area contributed by atoms with E-state index in [1.165, 1.54) is 29.9 Å². The Hall–Kier alpha value is -3.97. The molecule has 2 unspecified atom stereocenters. The topological polar surface area (TPSA) is 96.3 Å². The first kappa shape index (κ1) is 26.3. The lowest BCUT2D eigenvalue weighted by molar-refractivity contribution is 0.0961. The first-order chi connectivity index (χ1) is 19.0. The molecule has 206 valence electrons. The largest absolute Gasteiger partial charge is 0.341 e. The number of carbonyl (C=O) groups excluding carboxylic acids is 2. The van der Waals surface area contributed by atoms with Gasteiger partial charge in [-0.15, -0.1) is 0 Å². The van der Waals surface area contributed by atoms with Crippen LogP contribution in [0.2, 0.25) is 5.02 Å². The fourth-order valence-corrected chi connectivity index (χ4v) is 6.67. The molecule has 8 nitrogen and oxygen atoms in total. The van der Waals surface area contributed by atoms with Crippen molar-refractivity contribution in [2.24, 2.45) is 7.05 Å². The minimum absolute atomic E-state index is 0.0155. The van der Waals surface area contributed by atoms with Crippen LogP contribution in [0.3, 0.4) is 0 Å². The summed E-state index contributed by atoms with van der Waals surface area (Å²) in [5.41, 5.74) is 0.972. The van der Waals surface area contributed by atoms with Crippen LogP contribution < -0.4 is 15.5 Å². The van der Waals surface area contributed by atoms with Gasteiger partial charge in [0.25, 0.3) is 5.91 Å². The monoisotopic (exact) mass is 591 g/mol. The molecular weight excluding hydrogens is 574 g/mol. The van der Waals surface area contributed by atoms with Gasteiger partial charge in [-0.25, -0.2) is 22.4 Å². The van der Waals surface area contributed by atoms with E-state index in [9.17, 15) is 31.4 Å². The smallest absolute Gasteiger partial charge is 0.327 e. The number of hydrogen-bond acceptors (Lipinski definition) is 4. The summed E-state index contributed by atoms with van der Waals surface area (Å²) >= 11 is 6.36. The maximum atomic E-state index is 14.2. The number of aryl methyl sites for hydroxylation is 1. The number of halogens is 5. The van der Waals surface area contributed by atoms with Gasteiger partial charge in [-0.2, -0.15) is 5.10 Å². The Kier molecular flexibility index (Phi) is 6.30. The van der Waals surface area contributed by atoms with E-state index in [0.29, 0.717) is 0 Å². The van der Waals surface area contributed by atoms with E-state index in [1.54, 1.807) is 0 Å². The summed E-state index contributed by atoms with van der Waals surface area (Å²) in [5.74, 6) is -2.10. The fourth-order valence-electron chi connectivity index (χ4n) is 5.16. The third-order valence-electron chi connectivity index (χ3n) is 6.89. The van der Waals surface area contributed by atoms with Crippen molar-refractivity contribution in [1.82, 2.24) is 15.1 Å². The number of nitrogens with zero attached hydrogens (tertiary/aromatic N) is 3. The summed E-state index contributed by atoms with van der Waals surface area (Å²) < 4.78 is 68.7. The van der Waals surface area contributed by atoms with E-state index in [2.05, 4.69) is 15.7 Å². The van der Waals surface area contributed by atoms with Crippen LogP contribution in [0.4, 0.5) is 33.7 Å². The molecule has 0 saturated carbocycles. The van der Waals surface area contributed by atoms with E-state index < -0.39 is 53.3 Å². The number of nitrogens with one attached hydrogen (secondary N) is 2. The highest BCUT2D eigenvalue weighted by Gasteiger charge is 2.39. The molecule has 2 aliphatic heterocycles. The highest BCUT2D eigenvalue weighted by molar-refractivity contribution is 7.85. The van der Waals surface area contributed by atoms with Gasteiger partial charge in [-0.3, -0.25) is 18.6 Å². The van der Waals surface area contributed by atoms with Crippen molar-refractivity contribution in [3.05, 3.63) is 81.5 Å². The Morgan fingerprint density at radius 2 is 1.93 bits per heavy atom. The molecule has 0 spiro atoms. The number of fused-ring (bicyclic) bond motifs is 4. The molecule has 0 fully saturated rings. The highest BCUT2D eigenvalue weighted by Crippen LogP contribution is 2.44. The van der Waals surface area contributed by atoms with Crippen LogP contribution in [-0.2, 0) is 24.3 Å². The Labute approximate surface area is 231 Å². The molecule has 1 aromatic heterocycles. The average molecular weight is 592 g/mol. The predicted octanol–water partition coefficient (Wildman–Crippen LogP) is 5.26. The molecular formula is C26H18ClF4N5O3S. The lowest BCUT2D eigenvalue weighted by atomic mass is 9.94. The SMILES string of the molecule is Cn1nc2c3c(c(NC(=O)N4CS(=O)c5cc(F)ccc54)cc2c1CC(F)F)C(c1cc(F)ccc1Cl)NC3=O. The normalized spacial score (nSPS) is 17.9. The number of carbonyl (C=O) groups is 2. The number of urea groups is 1. The molecule has 0 aliphatic carbocycles. The number of aromatic nitrogens is 2. The molecule has 6 rings (SSSR count). The fraction of sp³-hybridized carbons (Fsp3) is 0.192. The Morgan fingerprint density at radius 1 is 1.20 bits per heavy atom. The molecule has 3 heterocycles. The molecule has 4 aromatic rings. The molecule has 3 aromatic carbocycles. The third-order valence-corrected chi connectivity index (χ3v) is 8.55. The highest BCUT2D eigenvalue weighted by atomic mass is 35.5. The van der Waals surface area contributed by atoms with E-state index >= 15 is 0 Å². The molecule has 2 aliphatic rings. The number of anilines is 2. The van der Waals surface area contributed by atoms with Gasteiger partial charge in [0.05, 0.1) is 45.1 Å². The van der Waals surface area contributed by atoms with Crippen LogP contribution >= 0.6 is 11.6 Å². The summed E-state index contributed by atoms with van der Waals surface area (Å²) in [7, 11) is -0.226. The zero-order valence-corrected chi connectivity index (χ0v) is 22.0. The third kappa shape index (κ3) is 4.20. The van der Waals surface area contributed by atoms with Crippen molar-refractivity contribution in [2.75, 3.05) is 16.1 Å². The Bertz CT molecular complexity index is 1780. The van der Waals surface area contributed by atoms with Gasteiger partial charge in [-0.05, 0) is 42.5 Å². The average Bonchev–Trinajstić information content (AvgIpc) is 3.52. The predicted molar refractivity (Wildman–Crippen MR) is 140 cm³/mol. The number of benzene rings is 3. The van der Waals surface area contributed by atoms with Gasteiger partial charge in [-0.1, -0.05) is 11.6 Å². The van der Waals surface area contributed by atoms with Crippen LogP contribution in [0.15, 0.2) is 47.4 Å². The second-order valence-corrected chi connectivity index (χ2v) is 11.1. The summed E-state index contributed by atoms with van der Waals surface area (Å²) in [6, 6.07) is 6.81. The maximum Gasteiger partial charge on any atom is 0.327 e. The minimum atomic E-state index is -2.71. The number of alkyl halides is 2. The molecule has 2 N–H and O–H groups in total. The lowest BCUT2D eigenvalue weighted by Crippen LogP contribution is -2.34. The second-order valence-electron chi connectivity index (χ2n) is 9.29. The van der Waals surface area contributed by atoms with E-state index in [0.717, 1.165) is 29.2 Å². The van der Waals surface area contributed by atoms with Crippen molar-refractivity contribution in [2.45, 2.75) is 23.8 Å². The van der Waals surface area contributed by atoms with Gasteiger partial charge in [0.1, 0.15) is 23.0 Å². The van der Waals surface area contributed by atoms with Crippen LogP contribution in [0.1, 0.15) is 33.2 Å². The quantitative estimate of drug-likeness (QED) is 0.316. The van der Waals surface area contributed by atoms with Crippen molar-refractivity contribution < 1.29 is 31.4 Å². The van der Waals surface area contributed by atoms with Gasteiger partial charge < -0.3 is 10.6 Å². The zero-order chi connectivity index (χ0) is 28.5. The molecule has 2 atom stereocenters. The lowest BCUT2D eigenvalue weighted by Gasteiger charge is -2.21. The number of hydrogen-bond donors (Lipinski definition) is 2. The van der Waals surface area contributed by atoms with Crippen molar-refractivity contribution in [3.63, 3.8) is 0 Å². The zero-order valence-electron chi connectivity index (χ0n) is 20.5. The molecule has 40 heavy (non-hydrogen) atoms. The molecule has 3 amide bonds. The molecule has 0 bridgehead atoms. The van der Waals surface area contributed by atoms with Crippen molar-refractivity contribution in [3.8, 4) is 0 Å². The second kappa shape index (κ2) is 9.59. The van der Waals surface area contributed by atoms with E-state index in [1.807, 2.05) is 0 Å². The standard InChI is InChI=1S/C26H18ClF4N5O3S/c1-35-18(9-20(30)31)14-8-16(32-26(38)36-10-40(39)19-7-12(29)3-5-17(19)36)21-22(24(14)34-35)25(37)33-23(21)13-6-11(28)2-4-15(13)27/h2-8,20,23H,9-10H2,1H3,(H,32,38)(H,33,37). The van der Waals surface area contributed by atoms with Crippen LogP contribution in [0.25, 0.3) is 10.9 Å². The number of rotatable bonds is 4. The first-order valence-electron chi connectivity index (χ1n) is 11.9. The van der Waals surface area contributed by atoms with Gasteiger partial charge >= 0.3 is 6.03 Å². The summed E-state index contributed by atoms with van der Waals surface area (Å²) in [6.07, 6.45) is -3.38.